The van der Waals surface area contributed by atoms with Crippen molar-refractivity contribution >= 4 is 15.9 Å². The summed E-state index contributed by atoms with van der Waals surface area (Å²) in [6.45, 7) is 3.46. The number of nitrogens with zero attached hydrogens (tertiary/aromatic N) is 2. The van der Waals surface area contributed by atoms with E-state index in [1.54, 1.807) is 6.92 Å². The number of carbonyl (C=O) groups excluding carboxylic acids is 1. The Morgan fingerprint density at radius 1 is 1.24 bits per heavy atom. The number of benzene rings is 1. The highest BCUT2D eigenvalue weighted by atomic mass is 32.2. The van der Waals surface area contributed by atoms with Crippen molar-refractivity contribution < 1.29 is 22.4 Å². The lowest BCUT2D eigenvalue weighted by atomic mass is 10.2. The number of oxazole rings is 1. The quantitative estimate of drug-likeness (QED) is 0.846. The Kier molecular flexibility index (Phi) is 5.16. The van der Waals surface area contributed by atoms with Gasteiger partial charge < -0.3 is 14.5 Å². The second-order valence-electron chi connectivity index (χ2n) is 5.58. The molecule has 1 N–H and O–H groups in total. The van der Waals surface area contributed by atoms with Gasteiger partial charge in [0.1, 0.15) is 5.76 Å². The Hall–Kier alpha value is -2.23. The van der Waals surface area contributed by atoms with E-state index in [9.17, 15) is 13.2 Å². The predicted molar refractivity (Wildman–Crippen MR) is 88.4 cm³/mol. The van der Waals surface area contributed by atoms with Crippen LogP contribution in [0.15, 0.2) is 40.0 Å². The Morgan fingerprint density at radius 3 is 2.52 bits per heavy atom. The van der Waals surface area contributed by atoms with E-state index >= 15 is 0 Å². The van der Waals surface area contributed by atoms with Crippen molar-refractivity contribution in [1.29, 1.82) is 0 Å². The standard InChI is InChI=1S/C16H19N3O5S/c1-12-15(24-11-18-12)10-17-16(20)13-2-4-14(5-3-13)25(21,22)19-6-8-23-9-7-19/h2-5,11H,6-10H2,1H3,(H,17,20). The van der Waals surface area contributed by atoms with Gasteiger partial charge in [0.2, 0.25) is 10.0 Å². The van der Waals surface area contributed by atoms with Gasteiger partial charge in [0, 0.05) is 18.7 Å². The smallest absolute Gasteiger partial charge is 0.251 e. The average Bonchev–Trinajstić information content (AvgIpc) is 3.05. The number of sulfonamides is 1. The molecule has 0 radical (unpaired) electrons. The molecule has 1 aromatic carbocycles. The van der Waals surface area contributed by atoms with Gasteiger partial charge in [-0.3, -0.25) is 4.79 Å². The molecule has 0 bridgehead atoms. The number of aromatic nitrogens is 1. The molecule has 8 nitrogen and oxygen atoms in total. The SMILES string of the molecule is Cc1ncoc1CNC(=O)c1ccc(S(=O)(=O)N2CCOCC2)cc1. The average molecular weight is 365 g/mol. The first kappa shape index (κ1) is 17.6. The molecule has 0 spiro atoms. The summed E-state index contributed by atoms with van der Waals surface area (Å²) in [7, 11) is -3.56. The molecule has 0 saturated carbocycles. The first-order valence-corrected chi connectivity index (χ1v) is 9.27. The van der Waals surface area contributed by atoms with E-state index in [1.807, 2.05) is 0 Å². The van der Waals surface area contributed by atoms with Crippen molar-refractivity contribution in [2.24, 2.45) is 0 Å². The van der Waals surface area contributed by atoms with Gasteiger partial charge in [0.15, 0.2) is 6.39 Å². The fraction of sp³-hybridized carbons (Fsp3) is 0.375. The molecule has 1 aliphatic rings. The van der Waals surface area contributed by atoms with E-state index in [0.717, 1.165) is 0 Å². The molecule has 0 atom stereocenters. The van der Waals surface area contributed by atoms with Crippen LogP contribution in [0.5, 0.6) is 0 Å². The van der Waals surface area contributed by atoms with Gasteiger partial charge in [-0.25, -0.2) is 13.4 Å². The summed E-state index contributed by atoms with van der Waals surface area (Å²) in [5.41, 5.74) is 1.09. The topological polar surface area (TPSA) is 102 Å². The number of nitrogens with one attached hydrogen (secondary N) is 1. The van der Waals surface area contributed by atoms with Crippen molar-refractivity contribution in [3.8, 4) is 0 Å². The van der Waals surface area contributed by atoms with E-state index in [-0.39, 0.29) is 17.3 Å². The normalized spacial score (nSPS) is 15.9. The number of aryl methyl sites for hydroxylation is 1. The molecule has 134 valence electrons. The molecule has 0 unspecified atom stereocenters. The van der Waals surface area contributed by atoms with Crippen LogP contribution in [0.3, 0.4) is 0 Å². The zero-order valence-corrected chi connectivity index (χ0v) is 14.6. The largest absolute Gasteiger partial charge is 0.446 e. The molecule has 1 fully saturated rings. The number of amides is 1. The minimum Gasteiger partial charge on any atom is -0.446 e. The van der Waals surface area contributed by atoms with Gasteiger partial charge in [-0.05, 0) is 31.2 Å². The van der Waals surface area contributed by atoms with Crippen molar-refractivity contribution in [3.05, 3.63) is 47.7 Å². The molecule has 2 aromatic rings. The number of ether oxygens (including phenoxy) is 1. The molecule has 9 heteroatoms. The lowest BCUT2D eigenvalue weighted by Gasteiger charge is -2.26. The molecule has 3 rings (SSSR count). The van der Waals surface area contributed by atoms with Crippen LogP contribution >= 0.6 is 0 Å². The van der Waals surface area contributed by atoms with Crippen LogP contribution in [0.4, 0.5) is 0 Å². The van der Waals surface area contributed by atoms with Crippen molar-refractivity contribution in [2.45, 2.75) is 18.4 Å². The fourth-order valence-electron chi connectivity index (χ4n) is 2.47. The van der Waals surface area contributed by atoms with Crippen LogP contribution in [0.25, 0.3) is 0 Å². The Balaban J connectivity index is 1.67. The van der Waals surface area contributed by atoms with Crippen LogP contribution in [-0.4, -0.2) is 49.9 Å². The minimum absolute atomic E-state index is 0.164. The van der Waals surface area contributed by atoms with Gasteiger partial charge in [-0.2, -0.15) is 4.31 Å². The minimum atomic E-state index is -3.56. The van der Waals surface area contributed by atoms with E-state index in [4.69, 9.17) is 9.15 Å². The van der Waals surface area contributed by atoms with Crippen LogP contribution in [0, 0.1) is 6.92 Å². The molecule has 1 saturated heterocycles. The molecule has 1 aromatic heterocycles. The van der Waals surface area contributed by atoms with Crippen LogP contribution in [0.2, 0.25) is 0 Å². The van der Waals surface area contributed by atoms with Crippen LogP contribution < -0.4 is 5.32 Å². The fourth-order valence-corrected chi connectivity index (χ4v) is 3.88. The second-order valence-corrected chi connectivity index (χ2v) is 7.52. The van der Waals surface area contributed by atoms with Crippen molar-refractivity contribution in [3.63, 3.8) is 0 Å². The Labute approximate surface area is 145 Å². The summed E-state index contributed by atoms with van der Waals surface area (Å²) < 4.78 is 36.8. The van der Waals surface area contributed by atoms with Crippen LogP contribution in [0.1, 0.15) is 21.8 Å². The summed E-state index contributed by atoms with van der Waals surface area (Å²) in [5, 5.41) is 2.71. The number of rotatable bonds is 5. The third kappa shape index (κ3) is 3.89. The molecule has 1 aliphatic heterocycles. The zero-order chi connectivity index (χ0) is 17.9. The highest BCUT2D eigenvalue weighted by Crippen LogP contribution is 2.17. The maximum atomic E-state index is 12.5. The van der Waals surface area contributed by atoms with E-state index < -0.39 is 10.0 Å². The summed E-state index contributed by atoms with van der Waals surface area (Å²) in [6, 6.07) is 5.88. The maximum absolute atomic E-state index is 12.5. The van der Waals surface area contributed by atoms with E-state index in [2.05, 4.69) is 10.3 Å². The van der Waals surface area contributed by atoms with Gasteiger partial charge in [0.25, 0.3) is 5.91 Å². The molecule has 1 amide bonds. The molecular weight excluding hydrogens is 346 g/mol. The lowest BCUT2D eigenvalue weighted by Crippen LogP contribution is -2.40. The first-order valence-electron chi connectivity index (χ1n) is 7.83. The summed E-state index contributed by atoms with van der Waals surface area (Å²) >= 11 is 0. The third-order valence-corrected chi connectivity index (χ3v) is 5.89. The summed E-state index contributed by atoms with van der Waals surface area (Å²) in [4.78, 5) is 16.3. The number of hydrogen-bond donors (Lipinski definition) is 1. The predicted octanol–water partition coefficient (Wildman–Crippen LogP) is 0.934. The molecule has 25 heavy (non-hydrogen) atoms. The Bertz CT molecular complexity index is 839. The van der Waals surface area contributed by atoms with Gasteiger partial charge in [-0.1, -0.05) is 0 Å². The lowest BCUT2D eigenvalue weighted by molar-refractivity contribution is 0.0730. The van der Waals surface area contributed by atoms with E-state index in [0.29, 0.717) is 43.3 Å². The number of morpholine rings is 1. The second kappa shape index (κ2) is 7.34. The van der Waals surface area contributed by atoms with Crippen molar-refractivity contribution in [1.82, 2.24) is 14.6 Å². The molecule has 2 heterocycles. The van der Waals surface area contributed by atoms with Gasteiger partial charge in [0.05, 0.1) is 30.3 Å². The van der Waals surface area contributed by atoms with Crippen molar-refractivity contribution in [2.75, 3.05) is 26.3 Å². The zero-order valence-electron chi connectivity index (χ0n) is 13.8. The number of carbonyl (C=O) groups is 1. The highest BCUT2D eigenvalue weighted by molar-refractivity contribution is 7.89. The van der Waals surface area contributed by atoms with Gasteiger partial charge in [-0.15, -0.1) is 0 Å². The monoisotopic (exact) mass is 365 g/mol. The molecular formula is C16H19N3O5S. The van der Waals surface area contributed by atoms with Gasteiger partial charge >= 0.3 is 0 Å². The maximum Gasteiger partial charge on any atom is 0.251 e. The first-order chi connectivity index (χ1) is 12.0. The third-order valence-electron chi connectivity index (χ3n) is 3.98. The van der Waals surface area contributed by atoms with Crippen LogP contribution in [-0.2, 0) is 21.3 Å². The molecule has 0 aliphatic carbocycles. The Morgan fingerprint density at radius 2 is 1.92 bits per heavy atom. The summed E-state index contributed by atoms with van der Waals surface area (Å²) in [5.74, 6) is 0.269. The number of hydrogen-bond acceptors (Lipinski definition) is 6. The highest BCUT2D eigenvalue weighted by Gasteiger charge is 2.26. The van der Waals surface area contributed by atoms with E-state index in [1.165, 1.54) is 35.0 Å². The summed E-state index contributed by atoms with van der Waals surface area (Å²) in [6.07, 6.45) is 1.32.